The van der Waals surface area contributed by atoms with Crippen LogP contribution < -0.4 is 28.4 Å². The normalized spacial score (nSPS) is 17.6. The van der Waals surface area contributed by atoms with Crippen molar-refractivity contribution in [3.63, 3.8) is 0 Å². The van der Waals surface area contributed by atoms with Gasteiger partial charge in [0.15, 0.2) is 0 Å². The Bertz CT molecular complexity index is 2880. The van der Waals surface area contributed by atoms with Crippen molar-refractivity contribution in [2.45, 2.75) is 122 Å². The fourth-order valence-electron chi connectivity index (χ4n) is 11.6. The van der Waals surface area contributed by atoms with E-state index in [-0.39, 0.29) is 5.41 Å². The standard InChI is InChI=1S/C65H70O6/c1-4-64(5-2)40-42-65(43-41-64)60-19-15-14-18-57(60)61-56-39-37-55(66-3)46-59(56)63-58(62(61)65)38-22-47-20-23-50(24-21-47)69-51-29-25-48(26-30-51)67-44-16-12-10-8-6-7-9-11-13-17-45-68-49-27-31-52(32-28-49)70-53-33-35-54(71-63)36-34-53/h14-15,18-39,46H,4-13,16-17,40-45H2,1-3H3/b38-22-. The van der Waals surface area contributed by atoms with Crippen molar-refractivity contribution >= 4 is 22.9 Å². The van der Waals surface area contributed by atoms with E-state index in [1.165, 1.54) is 105 Å². The van der Waals surface area contributed by atoms with Crippen LogP contribution in [0.2, 0.25) is 0 Å². The highest BCUT2D eigenvalue weighted by molar-refractivity contribution is 6.09. The van der Waals surface area contributed by atoms with E-state index in [4.69, 9.17) is 28.4 Å². The third-order valence-corrected chi connectivity index (χ3v) is 15.9. The summed E-state index contributed by atoms with van der Waals surface area (Å²) < 4.78 is 38.1. The van der Waals surface area contributed by atoms with E-state index in [2.05, 4.69) is 80.6 Å². The predicted molar refractivity (Wildman–Crippen MR) is 290 cm³/mol. The zero-order valence-electron chi connectivity index (χ0n) is 42.1. The number of ether oxygens (including phenoxy) is 6. The minimum atomic E-state index is -0.172. The lowest BCUT2D eigenvalue weighted by atomic mass is 9.58. The second-order valence-corrected chi connectivity index (χ2v) is 20.1. The molecule has 71 heavy (non-hydrogen) atoms. The topological polar surface area (TPSA) is 55.4 Å². The van der Waals surface area contributed by atoms with E-state index in [0.29, 0.717) is 5.41 Å². The van der Waals surface area contributed by atoms with Crippen LogP contribution in [0.1, 0.15) is 139 Å². The summed E-state index contributed by atoms with van der Waals surface area (Å²) in [5, 5.41) is 2.18. The van der Waals surface area contributed by atoms with Crippen molar-refractivity contribution in [3.8, 4) is 62.9 Å². The summed E-state index contributed by atoms with van der Waals surface area (Å²) in [5.41, 5.74) is 7.78. The molecule has 0 amide bonds. The third-order valence-electron chi connectivity index (χ3n) is 15.9. The SMILES string of the molecule is CCC1(CC)CCC2(CC1)c1ccccc1-c1c2c2c(c3cc(OC)ccc13)Oc1ccc(cc1)Oc1ccc(cc1)OCCCCCCCCCCCCOc1ccc(cc1)Oc1ccc(cc1)/C=C\2. The Labute approximate surface area is 421 Å². The molecule has 0 radical (unpaired) electrons. The first-order chi connectivity index (χ1) is 35.0. The van der Waals surface area contributed by atoms with Crippen LogP contribution >= 0.6 is 0 Å². The number of rotatable bonds is 3. The number of hydrogen-bond acceptors (Lipinski definition) is 6. The highest BCUT2D eigenvalue weighted by atomic mass is 16.5. The first-order valence-corrected chi connectivity index (χ1v) is 26.6. The molecule has 0 atom stereocenters. The molecule has 0 unspecified atom stereocenters. The maximum Gasteiger partial charge on any atom is 0.142 e. The number of methoxy groups -OCH3 is 1. The molecule has 0 saturated heterocycles. The molecule has 6 aliphatic heterocycles. The van der Waals surface area contributed by atoms with Gasteiger partial charge in [-0.3, -0.25) is 0 Å². The lowest BCUT2D eigenvalue weighted by Crippen LogP contribution is -2.37. The van der Waals surface area contributed by atoms with Crippen LogP contribution in [0.4, 0.5) is 0 Å². The van der Waals surface area contributed by atoms with E-state index in [0.717, 1.165) is 107 Å². The molecular weight excluding hydrogens is 877 g/mol. The Morgan fingerprint density at radius 3 is 1.46 bits per heavy atom. The second kappa shape index (κ2) is 22.2. The summed E-state index contributed by atoms with van der Waals surface area (Å²) in [6.45, 7) is 6.23. The monoisotopic (exact) mass is 947 g/mol. The summed E-state index contributed by atoms with van der Waals surface area (Å²) in [6, 6.07) is 48.0. The van der Waals surface area contributed by atoms with Gasteiger partial charge in [-0.1, -0.05) is 127 Å². The lowest BCUT2D eigenvalue weighted by Gasteiger charge is -2.46. The molecule has 2 aliphatic carbocycles. The third kappa shape index (κ3) is 10.7. The summed E-state index contributed by atoms with van der Waals surface area (Å²) in [7, 11) is 1.74. The fourth-order valence-corrected chi connectivity index (χ4v) is 11.6. The molecule has 6 heteroatoms. The van der Waals surface area contributed by atoms with Gasteiger partial charge in [0, 0.05) is 16.4 Å². The van der Waals surface area contributed by atoms with Crippen molar-refractivity contribution in [2.75, 3.05) is 20.3 Å². The molecule has 8 bridgehead atoms. The Hall–Kier alpha value is -6.66. The molecule has 7 aromatic carbocycles. The van der Waals surface area contributed by atoms with Gasteiger partial charge in [0.2, 0.25) is 0 Å². The molecule has 366 valence electrons. The maximum absolute atomic E-state index is 7.26. The summed E-state index contributed by atoms with van der Waals surface area (Å²) in [6.07, 6.45) is 23.7. The van der Waals surface area contributed by atoms with Gasteiger partial charge in [0.05, 0.1) is 20.3 Å². The number of fused-ring (bicyclic) bond motifs is 9. The number of hydrogen-bond donors (Lipinski definition) is 0. The summed E-state index contributed by atoms with van der Waals surface area (Å²) >= 11 is 0. The highest BCUT2D eigenvalue weighted by Gasteiger charge is 2.50. The largest absolute Gasteiger partial charge is 0.497 e. The van der Waals surface area contributed by atoms with E-state index in [9.17, 15) is 0 Å². The average Bonchev–Trinajstić information content (AvgIpc) is 3.69. The Balaban J connectivity index is 1.02. The van der Waals surface area contributed by atoms with Gasteiger partial charge in [-0.15, -0.1) is 0 Å². The zero-order valence-corrected chi connectivity index (χ0v) is 42.1. The van der Waals surface area contributed by atoms with Crippen molar-refractivity contribution in [2.24, 2.45) is 5.41 Å². The molecule has 6 heterocycles. The minimum absolute atomic E-state index is 0.172. The van der Waals surface area contributed by atoms with Crippen molar-refractivity contribution in [1.82, 2.24) is 0 Å². The van der Waals surface area contributed by atoms with Crippen LogP contribution in [0.3, 0.4) is 0 Å². The quantitative estimate of drug-likeness (QED) is 0.176. The zero-order chi connectivity index (χ0) is 48.5. The van der Waals surface area contributed by atoms with Crippen molar-refractivity contribution in [1.29, 1.82) is 0 Å². The molecule has 15 rings (SSSR count). The predicted octanol–water partition coefficient (Wildman–Crippen LogP) is 18.7. The van der Waals surface area contributed by atoms with Crippen LogP contribution in [-0.2, 0) is 5.41 Å². The van der Waals surface area contributed by atoms with Gasteiger partial charge in [0.25, 0.3) is 0 Å². The molecular formula is C65H70O6. The van der Waals surface area contributed by atoms with Crippen LogP contribution in [0, 0.1) is 5.41 Å². The number of benzene rings is 7. The van der Waals surface area contributed by atoms with E-state index >= 15 is 0 Å². The molecule has 7 aromatic rings. The van der Waals surface area contributed by atoms with Gasteiger partial charge in [-0.25, -0.2) is 0 Å². The molecule has 6 nitrogen and oxygen atoms in total. The molecule has 1 spiro atoms. The van der Waals surface area contributed by atoms with Gasteiger partial charge >= 0.3 is 0 Å². The molecule has 8 aliphatic rings. The summed E-state index contributed by atoms with van der Waals surface area (Å²) in [5.74, 6) is 7.12. The molecule has 1 fully saturated rings. The molecule has 0 aromatic heterocycles. The van der Waals surface area contributed by atoms with Gasteiger partial charge in [-0.05, 0) is 180 Å². The van der Waals surface area contributed by atoms with Crippen LogP contribution in [0.15, 0.2) is 140 Å². The van der Waals surface area contributed by atoms with Crippen molar-refractivity contribution < 1.29 is 28.4 Å². The van der Waals surface area contributed by atoms with Gasteiger partial charge < -0.3 is 28.4 Å². The summed E-state index contributed by atoms with van der Waals surface area (Å²) in [4.78, 5) is 0. The first-order valence-electron chi connectivity index (χ1n) is 26.6. The van der Waals surface area contributed by atoms with Crippen LogP contribution in [-0.4, -0.2) is 20.3 Å². The maximum atomic E-state index is 7.26. The van der Waals surface area contributed by atoms with E-state index < -0.39 is 0 Å². The average molecular weight is 947 g/mol. The Morgan fingerprint density at radius 2 is 0.944 bits per heavy atom. The van der Waals surface area contributed by atoms with E-state index in [1.807, 2.05) is 84.9 Å². The van der Waals surface area contributed by atoms with Gasteiger partial charge in [0.1, 0.15) is 51.7 Å². The lowest BCUT2D eigenvalue weighted by molar-refractivity contribution is 0.133. The fraction of sp³-hybridized carbons (Fsp3) is 0.354. The molecule has 1 saturated carbocycles. The van der Waals surface area contributed by atoms with Crippen molar-refractivity contribution in [3.05, 3.63) is 162 Å². The van der Waals surface area contributed by atoms with E-state index in [1.54, 1.807) is 7.11 Å². The van der Waals surface area contributed by atoms with Gasteiger partial charge in [-0.2, -0.15) is 0 Å². The molecule has 0 N–H and O–H groups in total. The Morgan fingerprint density at radius 1 is 0.465 bits per heavy atom. The minimum Gasteiger partial charge on any atom is -0.497 e. The van der Waals surface area contributed by atoms with Crippen LogP contribution in [0.5, 0.6) is 51.7 Å². The smallest absolute Gasteiger partial charge is 0.142 e. The first kappa shape index (κ1) is 48.0. The second-order valence-electron chi connectivity index (χ2n) is 20.1. The van der Waals surface area contributed by atoms with Crippen LogP contribution in [0.25, 0.3) is 34.1 Å². The Kier molecular flexibility index (Phi) is 15.0. The highest BCUT2D eigenvalue weighted by Crippen LogP contribution is 2.63.